The van der Waals surface area contributed by atoms with Crippen LogP contribution in [-0.4, -0.2) is 44.8 Å². The Hall–Kier alpha value is -3.11. The zero-order chi connectivity index (χ0) is 22.2. The van der Waals surface area contributed by atoms with Gasteiger partial charge in [-0.3, -0.25) is 14.4 Å². The van der Waals surface area contributed by atoms with Gasteiger partial charge in [-0.1, -0.05) is 24.3 Å². The summed E-state index contributed by atoms with van der Waals surface area (Å²) in [6, 6.07) is 14.2. The van der Waals surface area contributed by atoms with E-state index in [9.17, 15) is 13.2 Å². The van der Waals surface area contributed by atoms with E-state index in [1.807, 2.05) is 17.5 Å². The molecule has 2 aromatic carbocycles. The van der Waals surface area contributed by atoms with E-state index >= 15 is 0 Å². The summed E-state index contributed by atoms with van der Waals surface area (Å²) in [7, 11) is -1.83. The molecule has 162 valence electrons. The third kappa shape index (κ3) is 4.49. The second kappa shape index (κ2) is 8.20. The number of rotatable bonds is 5. The largest absolute Gasteiger partial charge is 0.482 e. The summed E-state index contributed by atoms with van der Waals surface area (Å²) < 4.78 is 36.1. The molecule has 4 rings (SSSR count). The summed E-state index contributed by atoms with van der Waals surface area (Å²) in [6.45, 7) is 1.78. The van der Waals surface area contributed by atoms with Crippen LogP contribution in [0, 0.1) is 0 Å². The van der Waals surface area contributed by atoms with Crippen LogP contribution < -0.4 is 19.1 Å². The van der Waals surface area contributed by atoms with Crippen molar-refractivity contribution in [1.82, 2.24) is 4.98 Å². The van der Waals surface area contributed by atoms with Gasteiger partial charge >= 0.3 is 0 Å². The Kier molecular flexibility index (Phi) is 5.59. The minimum absolute atomic E-state index is 0.340. The van der Waals surface area contributed by atoms with Crippen molar-refractivity contribution in [2.24, 2.45) is 0 Å². The molecule has 31 heavy (non-hydrogen) atoms. The molecule has 2 atom stereocenters. The smallest absolute Gasteiger partial charge is 0.271 e. The van der Waals surface area contributed by atoms with Crippen LogP contribution in [0.2, 0.25) is 0 Å². The van der Waals surface area contributed by atoms with E-state index in [1.54, 1.807) is 43.3 Å². The topological polar surface area (TPSA) is 97.8 Å². The number of fused-ring (bicyclic) bond motifs is 1. The van der Waals surface area contributed by atoms with E-state index in [2.05, 4.69) is 10.3 Å². The Morgan fingerprint density at radius 3 is 2.39 bits per heavy atom. The predicted molar refractivity (Wildman–Crippen MR) is 120 cm³/mol. The summed E-state index contributed by atoms with van der Waals surface area (Å²) in [4.78, 5) is 17.2. The highest BCUT2D eigenvalue weighted by Crippen LogP contribution is 2.34. The maximum absolute atomic E-state index is 12.7. The Bertz CT molecular complexity index is 1210. The van der Waals surface area contributed by atoms with Gasteiger partial charge in [0.25, 0.3) is 5.91 Å². The van der Waals surface area contributed by atoms with E-state index in [0.717, 1.165) is 11.8 Å². The van der Waals surface area contributed by atoms with Gasteiger partial charge in [-0.15, -0.1) is 11.3 Å². The fourth-order valence-electron chi connectivity index (χ4n) is 3.08. The van der Waals surface area contributed by atoms with Gasteiger partial charge in [0.05, 0.1) is 17.6 Å². The van der Waals surface area contributed by atoms with Gasteiger partial charge < -0.3 is 9.47 Å². The predicted octanol–water partition coefficient (Wildman–Crippen LogP) is 3.37. The first kappa shape index (κ1) is 21.1. The highest BCUT2D eigenvalue weighted by molar-refractivity contribution is 7.92. The van der Waals surface area contributed by atoms with Gasteiger partial charge in [-0.05, 0) is 31.2 Å². The van der Waals surface area contributed by atoms with Crippen molar-refractivity contribution in [2.45, 2.75) is 19.1 Å². The normalized spacial score (nSPS) is 17.8. The third-order valence-corrected chi connectivity index (χ3v) is 6.82. The van der Waals surface area contributed by atoms with Crippen molar-refractivity contribution in [3.63, 3.8) is 0 Å². The molecule has 0 bridgehead atoms. The van der Waals surface area contributed by atoms with E-state index < -0.39 is 22.2 Å². The zero-order valence-electron chi connectivity index (χ0n) is 17.1. The van der Waals surface area contributed by atoms with Crippen molar-refractivity contribution < 1.29 is 22.7 Å². The molecular formula is C21H21N3O5S2. The molecule has 10 heteroatoms. The van der Waals surface area contributed by atoms with Gasteiger partial charge in [0, 0.05) is 18.0 Å². The molecule has 3 aromatic rings. The fourth-order valence-corrected chi connectivity index (χ4v) is 4.31. The number of amides is 1. The van der Waals surface area contributed by atoms with Crippen molar-refractivity contribution >= 4 is 38.1 Å². The number of hydrogen-bond acceptors (Lipinski definition) is 7. The molecule has 0 spiro atoms. The molecular weight excluding hydrogens is 438 g/mol. The number of nitrogens with one attached hydrogen (secondary N) is 1. The summed E-state index contributed by atoms with van der Waals surface area (Å²) >= 11 is 1.29. The Balaban J connectivity index is 1.45. The van der Waals surface area contributed by atoms with Crippen molar-refractivity contribution in [2.75, 3.05) is 22.9 Å². The quantitative estimate of drug-likeness (QED) is 0.628. The third-order valence-electron chi connectivity index (χ3n) is 4.86. The standard InChI is InChI=1S/C21H21N3O5S2/c1-13-19(29-18-7-5-4-6-17(18)28-13)20(25)23-21-22-16(12-30-21)14-8-10-15(11-9-14)24(2)31(3,26)27/h4-13,19H,1-3H3,(H,22,23,25). The van der Waals surface area contributed by atoms with Crippen LogP contribution in [0.4, 0.5) is 10.8 Å². The molecule has 0 aliphatic carbocycles. The van der Waals surface area contributed by atoms with Gasteiger partial charge in [-0.2, -0.15) is 0 Å². The highest BCUT2D eigenvalue weighted by atomic mass is 32.2. The lowest BCUT2D eigenvalue weighted by Gasteiger charge is -2.30. The Morgan fingerprint density at radius 2 is 1.74 bits per heavy atom. The van der Waals surface area contributed by atoms with Crippen LogP contribution >= 0.6 is 11.3 Å². The monoisotopic (exact) mass is 459 g/mol. The number of nitrogens with zero attached hydrogens (tertiary/aromatic N) is 2. The molecule has 1 N–H and O–H groups in total. The first-order valence-corrected chi connectivity index (χ1v) is 12.2. The molecule has 0 fully saturated rings. The summed E-state index contributed by atoms with van der Waals surface area (Å²) in [5.74, 6) is 0.799. The van der Waals surface area contributed by atoms with Gasteiger partial charge in [0.1, 0.15) is 6.10 Å². The number of sulfonamides is 1. The van der Waals surface area contributed by atoms with Crippen LogP contribution in [0.15, 0.2) is 53.9 Å². The van der Waals surface area contributed by atoms with Crippen LogP contribution in [0.3, 0.4) is 0 Å². The van der Waals surface area contributed by atoms with Crippen molar-refractivity contribution in [1.29, 1.82) is 0 Å². The first-order chi connectivity index (χ1) is 14.7. The highest BCUT2D eigenvalue weighted by Gasteiger charge is 2.34. The lowest BCUT2D eigenvalue weighted by Crippen LogP contribution is -2.46. The molecule has 1 aromatic heterocycles. The Labute approximate surface area is 184 Å². The fraction of sp³-hybridized carbons (Fsp3) is 0.238. The minimum Gasteiger partial charge on any atom is -0.482 e. The van der Waals surface area contributed by atoms with Crippen LogP contribution in [0.1, 0.15) is 6.92 Å². The molecule has 2 unspecified atom stereocenters. The average Bonchev–Trinajstić information content (AvgIpc) is 3.20. The van der Waals surface area contributed by atoms with E-state index in [-0.39, 0.29) is 5.91 Å². The Morgan fingerprint density at radius 1 is 1.10 bits per heavy atom. The van der Waals surface area contributed by atoms with Crippen molar-refractivity contribution in [3.05, 3.63) is 53.9 Å². The second-order valence-corrected chi connectivity index (χ2v) is 9.98. The van der Waals surface area contributed by atoms with Crippen LogP contribution in [0.25, 0.3) is 11.3 Å². The first-order valence-electron chi connectivity index (χ1n) is 9.45. The number of ether oxygens (including phenoxy) is 2. The van der Waals surface area contributed by atoms with E-state index in [1.165, 1.54) is 22.7 Å². The molecule has 0 radical (unpaired) electrons. The van der Waals surface area contributed by atoms with Gasteiger partial charge in [0.2, 0.25) is 16.1 Å². The van der Waals surface area contributed by atoms with Gasteiger partial charge in [0.15, 0.2) is 16.6 Å². The lowest BCUT2D eigenvalue weighted by atomic mass is 10.1. The number of aromatic nitrogens is 1. The molecule has 8 nitrogen and oxygen atoms in total. The van der Waals surface area contributed by atoms with E-state index in [4.69, 9.17) is 9.47 Å². The maximum atomic E-state index is 12.7. The zero-order valence-corrected chi connectivity index (χ0v) is 18.7. The van der Waals surface area contributed by atoms with E-state index in [0.29, 0.717) is 28.0 Å². The summed E-state index contributed by atoms with van der Waals surface area (Å²) in [5.41, 5.74) is 2.04. The summed E-state index contributed by atoms with van der Waals surface area (Å²) in [6.07, 6.45) is -0.0987. The molecule has 0 saturated heterocycles. The van der Waals surface area contributed by atoms with Crippen LogP contribution in [0.5, 0.6) is 11.5 Å². The number of carbonyl (C=O) groups excluding carboxylic acids is 1. The van der Waals surface area contributed by atoms with Crippen molar-refractivity contribution in [3.8, 4) is 22.8 Å². The summed E-state index contributed by atoms with van der Waals surface area (Å²) in [5, 5.41) is 5.05. The number of anilines is 2. The lowest BCUT2D eigenvalue weighted by molar-refractivity contribution is -0.128. The van der Waals surface area contributed by atoms with Gasteiger partial charge in [-0.25, -0.2) is 13.4 Å². The SMILES string of the molecule is CC1Oc2ccccc2OC1C(=O)Nc1nc(-c2ccc(N(C)S(C)(=O)=O)cc2)cs1. The maximum Gasteiger partial charge on any atom is 0.271 e. The minimum atomic E-state index is -3.33. The number of carbonyl (C=O) groups is 1. The molecule has 2 heterocycles. The number of benzene rings is 2. The average molecular weight is 460 g/mol. The molecule has 1 aliphatic heterocycles. The molecule has 1 aliphatic rings. The number of thiazole rings is 1. The number of para-hydroxylation sites is 2. The molecule has 0 saturated carbocycles. The second-order valence-electron chi connectivity index (χ2n) is 7.11. The number of hydrogen-bond donors (Lipinski definition) is 1. The molecule has 1 amide bonds. The van der Waals surface area contributed by atoms with Crippen LogP contribution in [-0.2, 0) is 14.8 Å².